The second-order valence-electron chi connectivity index (χ2n) is 8.46. The molecular formula is C31H23N3O2. The highest BCUT2D eigenvalue weighted by Gasteiger charge is 2.24. The van der Waals surface area contributed by atoms with Crippen LogP contribution in [0.25, 0.3) is 39.8 Å². The number of aromatic nitrogens is 3. The van der Waals surface area contributed by atoms with Gasteiger partial charge in [0.15, 0.2) is 5.82 Å². The normalized spacial score (nSPS) is 11.8. The Morgan fingerprint density at radius 1 is 0.722 bits per heavy atom. The minimum Gasteiger partial charge on any atom is -0.497 e. The zero-order valence-electron chi connectivity index (χ0n) is 19.7. The highest BCUT2D eigenvalue weighted by atomic mass is 16.5. The molecule has 0 aliphatic heterocycles. The van der Waals surface area contributed by atoms with Gasteiger partial charge in [0.2, 0.25) is 0 Å². The first-order valence-electron chi connectivity index (χ1n) is 11.7. The number of hydrogen-bond donors (Lipinski definition) is 0. The number of imidazole rings is 1. The zero-order valence-corrected chi connectivity index (χ0v) is 19.7. The van der Waals surface area contributed by atoms with Gasteiger partial charge in [0.1, 0.15) is 11.3 Å². The molecule has 6 aromatic rings. The van der Waals surface area contributed by atoms with Gasteiger partial charge < -0.3 is 4.74 Å². The van der Waals surface area contributed by atoms with Crippen molar-refractivity contribution in [2.24, 2.45) is 0 Å². The smallest absolute Gasteiger partial charge is 0.280 e. The number of rotatable bonds is 5. The predicted octanol–water partition coefficient (Wildman–Crippen LogP) is 5.38. The number of methoxy groups -OCH3 is 1. The van der Waals surface area contributed by atoms with Gasteiger partial charge in [-0.05, 0) is 41.5 Å². The number of hydrogen-bond acceptors (Lipinski definition) is 3. The van der Waals surface area contributed by atoms with Gasteiger partial charge in [-0.25, -0.2) is 14.2 Å². The van der Waals surface area contributed by atoms with Gasteiger partial charge in [-0.15, -0.1) is 0 Å². The molecule has 0 saturated heterocycles. The van der Waals surface area contributed by atoms with Crippen LogP contribution in [0.15, 0.2) is 120 Å². The minimum atomic E-state index is -0.0913. The van der Waals surface area contributed by atoms with Crippen LogP contribution >= 0.6 is 0 Å². The Bertz CT molecular complexity index is 1750. The predicted molar refractivity (Wildman–Crippen MR) is 143 cm³/mol. The summed E-state index contributed by atoms with van der Waals surface area (Å²) in [6, 6.07) is 37.3. The maximum atomic E-state index is 14.1. The molecule has 0 spiro atoms. The van der Waals surface area contributed by atoms with Crippen molar-refractivity contribution in [2.75, 3.05) is 7.11 Å². The van der Waals surface area contributed by atoms with E-state index in [2.05, 4.69) is 0 Å². The van der Waals surface area contributed by atoms with Gasteiger partial charge in [-0.2, -0.15) is 0 Å². The molecule has 0 N–H and O–H groups in total. The number of nitrogens with zero attached hydrogens (tertiary/aromatic N) is 3. The van der Waals surface area contributed by atoms with Crippen LogP contribution < -0.4 is 15.6 Å². The van der Waals surface area contributed by atoms with Gasteiger partial charge in [-0.1, -0.05) is 91.0 Å². The van der Waals surface area contributed by atoms with Crippen LogP contribution in [-0.2, 0) is 0 Å². The SMILES string of the molecule is COc1ccc(/C=c2\nc(-c3ccccc3)n3c2c(-c2ccccc2)c(=O)n3-c2ccccc2)cc1. The average Bonchev–Trinajstić information content (AvgIpc) is 3.44. The van der Waals surface area contributed by atoms with E-state index in [9.17, 15) is 4.79 Å². The van der Waals surface area contributed by atoms with Crippen molar-refractivity contribution in [1.29, 1.82) is 0 Å². The van der Waals surface area contributed by atoms with Crippen molar-refractivity contribution >= 4 is 11.6 Å². The standard InChI is InChI=1S/C31H23N3O2/c1-36-26-19-17-22(18-20-26)21-27-29-28(23-11-5-2-6-12-23)31(35)33(25-15-9-4-10-16-25)34(29)30(32-27)24-13-7-3-8-14-24/h2-21H,1H3/b27-21-. The van der Waals surface area contributed by atoms with Crippen molar-refractivity contribution < 1.29 is 4.74 Å². The lowest BCUT2D eigenvalue weighted by molar-refractivity contribution is 0.415. The molecule has 174 valence electrons. The fourth-order valence-corrected chi connectivity index (χ4v) is 4.56. The summed E-state index contributed by atoms with van der Waals surface area (Å²) in [5, 5.41) is 0.727. The second-order valence-corrected chi connectivity index (χ2v) is 8.46. The van der Waals surface area contributed by atoms with Gasteiger partial charge in [0.05, 0.1) is 23.7 Å². The van der Waals surface area contributed by atoms with E-state index in [1.54, 1.807) is 11.8 Å². The molecule has 0 bridgehead atoms. The molecule has 5 heteroatoms. The third-order valence-electron chi connectivity index (χ3n) is 6.24. The highest BCUT2D eigenvalue weighted by molar-refractivity contribution is 5.84. The molecule has 5 nitrogen and oxygen atoms in total. The Balaban J connectivity index is 1.77. The van der Waals surface area contributed by atoms with Gasteiger partial charge in [0.25, 0.3) is 5.56 Å². The molecule has 2 aromatic heterocycles. The van der Waals surface area contributed by atoms with Crippen LogP contribution in [0.3, 0.4) is 0 Å². The monoisotopic (exact) mass is 469 g/mol. The Hall–Kier alpha value is -4.90. The van der Waals surface area contributed by atoms with Crippen LogP contribution in [0.4, 0.5) is 0 Å². The average molecular weight is 470 g/mol. The van der Waals surface area contributed by atoms with Gasteiger partial charge in [-0.3, -0.25) is 4.79 Å². The molecule has 36 heavy (non-hydrogen) atoms. The van der Waals surface area contributed by atoms with Crippen LogP contribution in [0, 0.1) is 0 Å². The Morgan fingerprint density at radius 2 is 1.31 bits per heavy atom. The summed E-state index contributed by atoms with van der Waals surface area (Å²) in [5.41, 5.74) is 4.82. The largest absolute Gasteiger partial charge is 0.497 e. The Labute approximate surface area is 208 Å². The topological polar surface area (TPSA) is 48.5 Å². The van der Waals surface area contributed by atoms with Crippen molar-refractivity contribution in [3.8, 4) is 34.0 Å². The molecule has 0 aliphatic carbocycles. The maximum absolute atomic E-state index is 14.1. The Morgan fingerprint density at radius 3 is 1.92 bits per heavy atom. The lowest BCUT2D eigenvalue weighted by atomic mass is 10.1. The fraction of sp³-hybridized carbons (Fsp3) is 0.0323. The molecule has 4 aromatic carbocycles. The molecule has 0 saturated carbocycles. The van der Waals surface area contributed by atoms with Gasteiger partial charge >= 0.3 is 0 Å². The van der Waals surface area contributed by atoms with Crippen molar-refractivity contribution in [1.82, 2.24) is 14.2 Å². The van der Waals surface area contributed by atoms with Crippen LogP contribution in [0.5, 0.6) is 5.75 Å². The molecule has 0 fully saturated rings. The van der Waals surface area contributed by atoms with Crippen molar-refractivity contribution in [3.05, 3.63) is 137 Å². The quantitative estimate of drug-likeness (QED) is 0.341. The maximum Gasteiger partial charge on any atom is 0.280 e. The van der Waals surface area contributed by atoms with E-state index in [0.717, 1.165) is 39.0 Å². The van der Waals surface area contributed by atoms with E-state index in [1.807, 2.05) is 126 Å². The van der Waals surface area contributed by atoms with E-state index in [4.69, 9.17) is 9.72 Å². The molecule has 2 heterocycles. The summed E-state index contributed by atoms with van der Waals surface area (Å²) >= 11 is 0. The molecule has 0 unspecified atom stereocenters. The summed E-state index contributed by atoms with van der Waals surface area (Å²) < 4.78 is 8.99. The zero-order chi connectivity index (χ0) is 24.5. The summed E-state index contributed by atoms with van der Waals surface area (Å²) in [6.07, 6.45) is 2.02. The van der Waals surface area contributed by atoms with Gasteiger partial charge in [0, 0.05) is 5.56 Å². The summed E-state index contributed by atoms with van der Waals surface area (Å²) in [5.74, 6) is 1.49. The van der Waals surface area contributed by atoms with E-state index in [-0.39, 0.29) is 5.56 Å². The molecular weight excluding hydrogens is 446 g/mol. The molecule has 0 amide bonds. The van der Waals surface area contributed by atoms with E-state index in [1.165, 1.54) is 0 Å². The summed E-state index contributed by atoms with van der Waals surface area (Å²) in [7, 11) is 1.65. The van der Waals surface area contributed by atoms with Crippen molar-refractivity contribution in [3.63, 3.8) is 0 Å². The lowest BCUT2D eigenvalue weighted by Crippen LogP contribution is -2.19. The summed E-state index contributed by atoms with van der Waals surface area (Å²) in [6.45, 7) is 0. The highest BCUT2D eigenvalue weighted by Crippen LogP contribution is 2.26. The van der Waals surface area contributed by atoms with Crippen molar-refractivity contribution in [2.45, 2.75) is 0 Å². The fourth-order valence-electron chi connectivity index (χ4n) is 4.56. The molecule has 0 atom stereocenters. The first-order valence-corrected chi connectivity index (χ1v) is 11.7. The number of benzene rings is 4. The Kier molecular flexibility index (Phi) is 5.43. The first kappa shape index (κ1) is 21.6. The third-order valence-corrected chi connectivity index (χ3v) is 6.24. The molecule has 0 aliphatic rings. The molecule has 0 radical (unpaired) electrons. The second kappa shape index (κ2) is 9.04. The number of fused-ring (bicyclic) bond motifs is 1. The first-order chi connectivity index (χ1) is 17.7. The van der Waals surface area contributed by atoms with E-state index >= 15 is 0 Å². The van der Waals surface area contributed by atoms with Crippen LogP contribution in [0.2, 0.25) is 0 Å². The van der Waals surface area contributed by atoms with Crippen LogP contribution in [-0.4, -0.2) is 21.3 Å². The number of ether oxygens (including phenoxy) is 1. The summed E-state index contributed by atoms with van der Waals surface area (Å²) in [4.78, 5) is 19.2. The lowest BCUT2D eigenvalue weighted by Gasteiger charge is -2.07. The third kappa shape index (κ3) is 3.67. The molecule has 6 rings (SSSR count). The van der Waals surface area contributed by atoms with E-state index in [0.29, 0.717) is 11.4 Å². The van der Waals surface area contributed by atoms with E-state index < -0.39 is 0 Å². The number of para-hydroxylation sites is 1. The van der Waals surface area contributed by atoms with Crippen LogP contribution in [0.1, 0.15) is 5.56 Å². The minimum absolute atomic E-state index is 0.0913.